The lowest BCUT2D eigenvalue weighted by atomic mass is 10.1. The Morgan fingerprint density at radius 2 is 1.90 bits per heavy atom. The number of aryl methyl sites for hydroxylation is 1. The number of nitrogens with two attached hydrogens (primary N) is 1. The summed E-state index contributed by atoms with van der Waals surface area (Å²) >= 11 is 5.95. The molecule has 0 spiro atoms. The fourth-order valence-corrected chi connectivity index (χ4v) is 2.22. The maximum absolute atomic E-state index is 14.0. The van der Waals surface area contributed by atoms with Crippen molar-refractivity contribution in [1.29, 1.82) is 0 Å². The molecule has 20 heavy (non-hydrogen) atoms. The van der Waals surface area contributed by atoms with E-state index in [1.807, 2.05) is 6.92 Å². The number of halogens is 2. The quantitative estimate of drug-likeness (QED) is 0.736. The zero-order valence-corrected chi connectivity index (χ0v) is 11.4. The summed E-state index contributed by atoms with van der Waals surface area (Å²) in [5.74, 6) is 0.196. The minimum absolute atomic E-state index is 0.259. The van der Waals surface area contributed by atoms with Crippen LogP contribution >= 0.6 is 11.6 Å². The number of aromatic nitrogens is 2. The number of fused-ring (bicyclic) bond motifs is 1. The second kappa shape index (κ2) is 4.72. The zero-order chi connectivity index (χ0) is 14.3. The Bertz CT molecular complexity index is 818. The van der Waals surface area contributed by atoms with Gasteiger partial charge in [0, 0.05) is 10.4 Å². The van der Waals surface area contributed by atoms with Crippen molar-refractivity contribution in [3.63, 3.8) is 0 Å². The van der Waals surface area contributed by atoms with Crippen LogP contribution in [0.25, 0.3) is 22.3 Å². The predicted molar refractivity (Wildman–Crippen MR) is 79.1 cm³/mol. The van der Waals surface area contributed by atoms with Crippen LogP contribution in [0.2, 0.25) is 5.02 Å². The summed E-state index contributed by atoms with van der Waals surface area (Å²) in [6.07, 6.45) is 0. The highest BCUT2D eigenvalue weighted by molar-refractivity contribution is 6.31. The van der Waals surface area contributed by atoms with E-state index in [0.717, 1.165) is 5.56 Å². The largest absolute Gasteiger partial charge is 0.383 e. The van der Waals surface area contributed by atoms with Gasteiger partial charge in [-0.05, 0) is 42.8 Å². The Kier molecular flexibility index (Phi) is 3.03. The third-order valence-corrected chi connectivity index (χ3v) is 3.29. The number of benzene rings is 2. The van der Waals surface area contributed by atoms with Gasteiger partial charge in [0.2, 0.25) is 0 Å². The van der Waals surface area contributed by atoms with Crippen molar-refractivity contribution >= 4 is 28.3 Å². The van der Waals surface area contributed by atoms with Gasteiger partial charge in [0.05, 0.1) is 11.1 Å². The second-order valence-electron chi connectivity index (χ2n) is 4.58. The highest BCUT2D eigenvalue weighted by Gasteiger charge is 2.11. The number of nitrogens with zero attached hydrogens (tertiary/aromatic N) is 2. The van der Waals surface area contributed by atoms with E-state index in [-0.39, 0.29) is 11.6 Å². The Balaban J connectivity index is 2.26. The molecule has 0 aliphatic heterocycles. The molecular weight excluding hydrogens is 277 g/mol. The number of hydrogen-bond acceptors (Lipinski definition) is 3. The topological polar surface area (TPSA) is 51.8 Å². The van der Waals surface area contributed by atoms with Gasteiger partial charge < -0.3 is 5.73 Å². The first-order chi connectivity index (χ1) is 9.54. The fourth-order valence-electron chi connectivity index (χ4n) is 2.05. The normalized spacial score (nSPS) is 10.9. The molecule has 0 unspecified atom stereocenters. The Labute approximate surface area is 120 Å². The van der Waals surface area contributed by atoms with Crippen LogP contribution in [-0.4, -0.2) is 9.97 Å². The van der Waals surface area contributed by atoms with Crippen LogP contribution in [0.1, 0.15) is 5.56 Å². The molecular formula is C15H11ClFN3. The van der Waals surface area contributed by atoms with Crippen molar-refractivity contribution < 1.29 is 4.39 Å². The molecule has 0 amide bonds. The first-order valence-corrected chi connectivity index (χ1v) is 6.42. The molecule has 0 atom stereocenters. The molecule has 0 aliphatic carbocycles. The van der Waals surface area contributed by atoms with E-state index >= 15 is 0 Å². The van der Waals surface area contributed by atoms with Crippen LogP contribution < -0.4 is 5.73 Å². The molecule has 0 radical (unpaired) electrons. The van der Waals surface area contributed by atoms with Gasteiger partial charge in [-0.2, -0.15) is 0 Å². The van der Waals surface area contributed by atoms with E-state index in [0.29, 0.717) is 27.3 Å². The molecule has 3 rings (SSSR count). The van der Waals surface area contributed by atoms with Crippen molar-refractivity contribution in [2.45, 2.75) is 6.92 Å². The van der Waals surface area contributed by atoms with Gasteiger partial charge in [-0.1, -0.05) is 17.7 Å². The van der Waals surface area contributed by atoms with Crippen LogP contribution in [0.15, 0.2) is 36.4 Å². The monoisotopic (exact) mass is 287 g/mol. The molecule has 2 N–H and O–H groups in total. The number of anilines is 1. The summed E-state index contributed by atoms with van der Waals surface area (Å²) in [6, 6.07) is 10.1. The van der Waals surface area contributed by atoms with E-state index in [9.17, 15) is 4.39 Å². The van der Waals surface area contributed by atoms with Crippen LogP contribution in [0.3, 0.4) is 0 Å². The zero-order valence-electron chi connectivity index (χ0n) is 10.7. The maximum atomic E-state index is 14.0. The molecule has 1 heterocycles. The molecule has 0 aliphatic rings. The average Bonchev–Trinajstić information content (AvgIpc) is 2.37. The van der Waals surface area contributed by atoms with Crippen molar-refractivity contribution in [3.05, 3.63) is 52.8 Å². The van der Waals surface area contributed by atoms with Crippen molar-refractivity contribution in [2.24, 2.45) is 0 Å². The second-order valence-corrected chi connectivity index (χ2v) is 5.01. The molecule has 3 nitrogen and oxygen atoms in total. The average molecular weight is 288 g/mol. The fraction of sp³-hybridized carbons (Fsp3) is 0.0667. The van der Waals surface area contributed by atoms with Crippen LogP contribution in [0.5, 0.6) is 0 Å². The summed E-state index contributed by atoms with van der Waals surface area (Å²) < 4.78 is 14.0. The third-order valence-electron chi connectivity index (χ3n) is 3.05. The van der Waals surface area contributed by atoms with Gasteiger partial charge in [-0.3, -0.25) is 0 Å². The van der Waals surface area contributed by atoms with E-state index in [1.54, 1.807) is 30.3 Å². The highest BCUT2D eigenvalue weighted by Crippen LogP contribution is 2.27. The van der Waals surface area contributed by atoms with Crippen LogP contribution in [0.4, 0.5) is 10.2 Å². The summed E-state index contributed by atoms with van der Waals surface area (Å²) in [5.41, 5.74) is 7.66. The van der Waals surface area contributed by atoms with Crippen LogP contribution in [-0.2, 0) is 0 Å². The van der Waals surface area contributed by atoms with E-state index in [1.165, 1.54) is 6.07 Å². The minimum Gasteiger partial charge on any atom is -0.383 e. The van der Waals surface area contributed by atoms with Gasteiger partial charge in [0.1, 0.15) is 11.6 Å². The van der Waals surface area contributed by atoms with Gasteiger partial charge in [-0.15, -0.1) is 0 Å². The maximum Gasteiger partial charge on any atom is 0.165 e. The van der Waals surface area contributed by atoms with E-state index < -0.39 is 0 Å². The molecule has 3 aromatic rings. The first-order valence-electron chi connectivity index (χ1n) is 6.04. The Morgan fingerprint density at radius 1 is 1.10 bits per heavy atom. The molecule has 0 saturated carbocycles. The standard InChI is InChI=1S/C15H11ClFN3/c1-8-2-4-10(12(17)6-8)15-19-13-7-9(16)3-5-11(13)14(18)20-15/h2-7H,1H3,(H2,18,19,20). The molecule has 0 saturated heterocycles. The van der Waals surface area contributed by atoms with Crippen molar-refractivity contribution in [1.82, 2.24) is 9.97 Å². The molecule has 0 fully saturated rings. The van der Waals surface area contributed by atoms with E-state index in [4.69, 9.17) is 17.3 Å². The number of nitrogen functional groups attached to an aromatic ring is 1. The lowest BCUT2D eigenvalue weighted by Crippen LogP contribution is -1.99. The summed E-state index contributed by atoms with van der Waals surface area (Å²) in [4.78, 5) is 8.52. The Morgan fingerprint density at radius 3 is 2.65 bits per heavy atom. The third kappa shape index (κ3) is 2.18. The molecule has 1 aromatic heterocycles. The molecule has 5 heteroatoms. The highest BCUT2D eigenvalue weighted by atomic mass is 35.5. The summed E-state index contributed by atoms with van der Waals surface area (Å²) in [7, 11) is 0. The Hall–Kier alpha value is -2.20. The van der Waals surface area contributed by atoms with Crippen LogP contribution in [0, 0.1) is 12.7 Å². The van der Waals surface area contributed by atoms with Gasteiger partial charge in [0.15, 0.2) is 5.82 Å². The molecule has 2 aromatic carbocycles. The van der Waals surface area contributed by atoms with Gasteiger partial charge in [-0.25, -0.2) is 14.4 Å². The molecule has 100 valence electrons. The lowest BCUT2D eigenvalue weighted by molar-refractivity contribution is 0.629. The lowest BCUT2D eigenvalue weighted by Gasteiger charge is -2.07. The van der Waals surface area contributed by atoms with Crippen molar-refractivity contribution in [3.8, 4) is 11.4 Å². The smallest absolute Gasteiger partial charge is 0.165 e. The van der Waals surface area contributed by atoms with Gasteiger partial charge in [0.25, 0.3) is 0 Å². The minimum atomic E-state index is -0.370. The number of rotatable bonds is 1. The predicted octanol–water partition coefficient (Wildman–Crippen LogP) is 3.98. The van der Waals surface area contributed by atoms with E-state index in [2.05, 4.69) is 9.97 Å². The SMILES string of the molecule is Cc1ccc(-c2nc(N)c3ccc(Cl)cc3n2)c(F)c1. The first kappa shape index (κ1) is 12.8. The van der Waals surface area contributed by atoms with Crippen molar-refractivity contribution in [2.75, 3.05) is 5.73 Å². The molecule has 0 bridgehead atoms. The summed E-state index contributed by atoms with van der Waals surface area (Å²) in [6.45, 7) is 1.82. The summed E-state index contributed by atoms with van der Waals surface area (Å²) in [5, 5.41) is 1.25. The number of hydrogen-bond donors (Lipinski definition) is 1. The van der Waals surface area contributed by atoms with Gasteiger partial charge >= 0.3 is 0 Å².